The number of hydrogen-bond acceptors (Lipinski definition) is 2. The van der Waals surface area contributed by atoms with Gasteiger partial charge in [0, 0.05) is 6.20 Å². The fourth-order valence-corrected chi connectivity index (χ4v) is 10.7. The molecule has 6 nitrogen and oxygen atoms in total. The Morgan fingerprint density at radius 1 is 0.451 bits per heavy atom. The van der Waals surface area contributed by atoms with Gasteiger partial charge in [0.2, 0.25) is 0 Å². The molecule has 4 aromatic heterocycles. The molecule has 0 aliphatic heterocycles. The number of hydrogen-bond donors (Lipinski definition) is 0. The van der Waals surface area contributed by atoms with Crippen LogP contribution in [0, 0.1) is 3.80 Å². The number of fused-ring (bicyclic) bond motifs is 7. The van der Waals surface area contributed by atoms with Gasteiger partial charge in [-0.2, -0.15) is 0 Å². The van der Waals surface area contributed by atoms with Crippen molar-refractivity contribution in [2.24, 2.45) is 0 Å². The number of benzene rings is 9. The molecule has 7 heteroatoms. The summed E-state index contributed by atoms with van der Waals surface area (Å²) in [6.07, 6.45) is 1.62. The molecule has 0 spiro atoms. The minimum atomic E-state index is -0.628. The van der Waals surface area contributed by atoms with Crippen LogP contribution in [0.15, 0.2) is 230 Å². The average Bonchev–Trinajstić information content (AvgIpc) is 1.65. The molecule has 0 atom stereocenters. The van der Waals surface area contributed by atoms with E-state index in [-0.39, 0.29) is 90.8 Å². The van der Waals surface area contributed by atoms with E-state index < -0.39 is 72.5 Å². The summed E-state index contributed by atoms with van der Waals surface area (Å²) in [5.41, 5.74) is 4.14. The number of rotatable bonds is 8. The molecular weight excluding hydrogens is 1050 g/mol. The van der Waals surface area contributed by atoms with E-state index in [0.717, 1.165) is 27.4 Å². The second kappa shape index (κ2) is 17.0. The molecule has 0 aliphatic rings. The Labute approximate surface area is 444 Å². The number of pyridine rings is 1. The second-order valence-electron chi connectivity index (χ2n) is 18.0. The summed E-state index contributed by atoms with van der Waals surface area (Å²) in [5.74, 6) is 0.453. The Morgan fingerprint density at radius 3 is 1.70 bits per heavy atom. The van der Waals surface area contributed by atoms with Crippen LogP contribution in [-0.2, 0) is 24.8 Å². The van der Waals surface area contributed by atoms with Crippen molar-refractivity contribution < 1.29 is 46.0 Å². The SMILES string of the molecule is [2H]c1c([2H])c([2H])c(-c2cc(-n3c4ccccc4c4ccccc43)cc(-c3c([2H])c([2H])c([2H])c([2H])c3[2H])c2-n2[c](=[Pt])n(-c3cccc(Oc4cc5c(c([2H])c4[2H])c4c([2H])c([2H])c([2H])c([2H])c4n5-c4cc(C(C)(C)C)ccn4)c3)c3ccccc32)c([2H])c1[2H]. The molecule has 0 bridgehead atoms. The fraction of sp³-hybridized carbons (Fsp3) is 0.0625. The van der Waals surface area contributed by atoms with Crippen LogP contribution in [0.4, 0.5) is 0 Å². The van der Waals surface area contributed by atoms with E-state index in [9.17, 15) is 8.22 Å². The number of para-hydroxylation sites is 5. The summed E-state index contributed by atoms with van der Waals surface area (Å²) in [6, 6.07) is 29.9. The molecule has 9 aromatic carbocycles. The van der Waals surface area contributed by atoms with Crippen LogP contribution in [0.5, 0.6) is 11.5 Å². The fourth-order valence-electron chi connectivity index (χ4n) is 9.59. The van der Waals surface area contributed by atoms with E-state index >= 15 is 0 Å². The van der Waals surface area contributed by atoms with Crippen LogP contribution in [0.25, 0.3) is 99.8 Å². The number of nitrogens with zero attached hydrogens (tertiary/aromatic N) is 5. The first-order chi connectivity index (χ1) is 41.4. The zero-order valence-corrected chi connectivity index (χ0v) is 40.4. The first kappa shape index (κ1) is 29.0. The first-order valence-corrected chi connectivity index (χ1v) is 23.9. The average molecular weight is 1110 g/mol. The van der Waals surface area contributed by atoms with Gasteiger partial charge in [0.05, 0.1) is 5.48 Å². The molecular formula is C64H47N5OPt. The molecule has 0 N–H and O–H groups in total. The van der Waals surface area contributed by atoms with Crippen molar-refractivity contribution in [3.8, 4) is 56.6 Å². The van der Waals surface area contributed by atoms with E-state index in [0.29, 0.717) is 32.0 Å². The quantitative estimate of drug-likeness (QED) is 0.152. The summed E-state index contributed by atoms with van der Waals surface area (Å²) in [4.78, 5) is 4.68. The Kier molecular flexibility index (Phi) is 6.94. The maximum atomic E-state index is 9.56. The van der Waals surface area contributed by atoms with Crippen LogP contribution < -0.4 is 4.74 Å². The molecule has 344 valence electrons. The van der Waals surface area contributed by atoms with E-state index in [2.05, 4.69) is 24.3 Å². The van der Waals surface area contributed by atoms with Gasteiger partial charge >= 0.3 is 385 Å². The molecule has 0 saturated heterocycles. The molecule has 0 aliphatic carbocycles. The first-order valence-electron chi connectivity index (χ1n) is 30.7. The minimum absolute atomic E-state index is 0.0549. The third-order valence-electron chi connectivity index (χ3n) is 12.8. The van der Waals surface area contributed by atoms with Crippen molar-refractivity contribution in [2.75, 3.05) is 0 Å². The van der Waals surface area contributed by atoms with Gasteiger partial charge in [-0.05, 0) is 17.0 Å². The standard InChI is InChI=1S/C64H47N5O.Pt/c1-64(2,3)45-35-36-65-62(37-45)69-58-30-15-12-27-52(58)53-34-33-49(41-61(53)69)70-48-24-18-23-46(38-48)66-42-67(60-32-17-16-31-59(60)66)63-54(43-19-6-4-7-20-43)39-47(40-55(63)44-21-8-5-9-22-44)68-56-28-13-10-25-50(56)51-26-11-14-29-57(51)68;/h4-41H,1-3H3;/i4D,5D,6D,7D,8D,9D,12D,15D,19D,20D,21D,22D,27D,30D,33D,34D;. The molecule has 0 unspecified atom stereocenters. The predicted molar refractivity (Wildman–Crippen MR) is 288 cm³/mol. The molecule has 13 aromatic rings. The van der Waals surface area contributed by atoms with Crippen LogP contribution in [0.2, 0.25) is 0 Å². The maximum absolute atomic E-state index is 9.56. The number of imidazole rings is 1. The Balaban J connectivity index is 1.08. The molecule has 0 radical (unpaired) electrons. The number of aromatic nitrogens is 5. The van der Waals surface area contributed by atoms with E-state index in [1.54, 1.807) is 57.8 Å². The van der Waals surface area contributed by atoms with Gasteiger partial charge in [0.25, 0.3) is 0 Å². The van der Waals surface area contributed by atoms with Crippen molar-refractivity contribution in [2.45, 2.75) is 26.2 Å². The summed E-state index contributed by atoms with van der Waals surface area (Å²) in [5, 5.41) is 1.92. The van der Waals surface area contributed by atoms with Crippen molar-refractivity contribution in [3.05, 3.63) is 240 Å². The monoisotopic (exact) mass is 1110 g/mol. The summed E-state index contributed by atoms with van der Waals surface area (Å²) in [7, 11) is 0. The van der Waals surface area contributed by atoms with E-state index in [4.69, 9.17) is 18.4 Å². The van der Waals surface area contributed by atoms with Gasteiger partial charge in [0.15, 0.2) is 0 Å². The van der Waals surface area contributed by atoms with Crippen molar-refractivity contribution >= 4 is 54.6 Å². The van der Waals surface area contributed by atoms with Crippen molar-refractivity contribution in [1.29, 1.82) is 0 Å². The molecule has 4 heterocycles. The predicted octanol–water partition coefficient (Wildman–Crippen LogP) is 16.5. The van der Waals surface area contributed by atoms with Crippen LogP contribution in [0.1, 0.15) is 48.3 Å². The molecule has 0 fully saturated rings. The normalized spacial score (nSPS) is 15.1. The van der Waals surface area contributed by atoms with E-state index in [1.807, 2.05) is 109 Å². The van der Waals surface area contributed by atoms with Gasteiger partial charge in [0.1, 0.15) is 0 Å². The van der Waals surface area contributed by atoms with Gasteiger partial charge in [-0.3, -0.25) is 0 Å². The topological polar surface area (TPSA) is 41.8 Å². The Morgan fingerprint density at radius 2 is 1.04 bits per heavy atom. The summed E-state index contributed by atoms with van der Waals surface area (Å²) >= 11 is 2.11. The van der Waals surface area contributed by atoms with Crippen LogP contribution in [-0.4, -0.2) is 23.3 Å². The van der Waals surface area contributed by atoms with Crippen LogP contribution in [0.3, 0.4) is 0 Å². The zero-order valence-electron chi connectivity index (χ0n) is 54.2. The third kappa shape index (κ3) is 7.20. The van der Waals surface area contributed by atoms with Crippen molar-refractivity contribution in [1.82, 2.24) is 23.3 Å². The van der Waals surface area contributed by atoms with Gasteiger partial charge in [-0.25, -0.2) is 0 Å². The van der Waals surface area contributed by atoms with Gasteiger partial charge < -0.3 is 0 Å². The summed E-state index contributed by atoms with van der Waals surface area (Å²) in [6.45, 7) is 6.10. The second-order valence-corrected chi connectivity index (χ2v) is 19.0. The van der Waals surface area contributed by atoms with Crippen molar-refractivity contribution in [3.63, 3.8) is 0 Å². The Bertz CT molecular complexity index is 5050. The third-order valence-corrected chi connectivity index (χ3v) is 13.8. The van der Waals surface area contributed by atoms with Gasteiger partial charge in [-0.15, -0.1) is 0 Å². The molecule has 0 amide bonds. The van der Waals surface area contributed by atoms with Crippen LogP contribution >= 0.6 is 0 Å². The van der Waals surface area contributed by atoms with E-state index in [1.165, 1.54) is 6.07 Å². The molecule has 71 heavy (non-hydrogen) atoms. The Hall–Kier alpha value is -8.31. The summed E-state index contributed by atoms with van der Waals surface area (Å²) < 4.78 is 160. The van der Waals surface area contributed by atoms with Gasteiger partial charge in [-0.1, -0.05) is 32.9 Å². The zero-order chi connectivity index (χ0) is 61.7. The number of ether oxygens (including phenoxy) is 1. The molecule has 13 rings (SSSR count). The molecule has 0 saturated carbocycles.